The van der Waals surface area contributed by atoms with E-state index in [0.29, 0.717) is 5.82 Å². The molecule has 0 aromatic heterocycles. The van der Waals surface area contributed by atoms with Crippen molar-refractivity contribution in [1.82, 2.24) is 0 Å². The van der Waals surface area contributed by atoms with Gasteiger partial charge in [0, 0.05) is 6.00 Å². The molecule has 0 radical (unpaired) electrons. The minimum atomic E-state index is -0.473. The lowest BCUT2D eigenvalue weighted by atomic mass is 9.82. The SMILES string of the molecule is B[C@H]1C[C@@]2(O)CC[C@H](B)[C@H]2O1. The van der Waals surface area contributed by atoms with E-state index in [2.05, 4.69) is 7.85 Å². The summed E-state index contributed by atoms with van der Waals surface area (Å²) < 4.78 is 5.65. The molecular weight excluding hydrogens is 138 g/mol. The molecule has 1 aliphatic carbocycles. The van der Waals surface area contributed by atoms with Gasteiger partial charge in [0.2, 0.25) is 0 Å². The Labute approximate surface area is 69.1 Å². The van der Waals surface area contributed by atoms with Gasteiger partial charge in [-0.1, -0.05) is 6.42 Å². The van der Waals surface area contributed by atoms with Crippen molar-refractivity contribution in [3.05, 3.63) is 0 Å². The fraction of sp³-hybridized carbons (Fsp3) is 1.00. The largest absolute Gasteiger partial charge is 0.387 e. The summed E-state index contributed by atoms with van der Waals surface area (Å²) in [4.78, 5) is 0. The lowest BCUT2D eigenvalue weighted by Gasteiger charge is -2.21. The van der Waals surface area contributed by atoms with E-state index in [-0.39, 0.29) is 12.1 Å². The summed E-state index contributed by atoms with van der Waals surface area (Å²) in [7, 11) is 4.21. The summed E-state index contributed by atoms with van der Waals surface area (Å²) in [5.74, 6) is 0.546. The first-order chi connectivity index (χ1) is 5.12. The van der Waals surface area contributed by atoms with Crippen LogP contribution >= 0.6 is 0 Å². The van der Waals surface area contributed by atoms with Gasteiger partial charge in [0.1, 0.15) is 15.7 Å². The summed E-state index contributed by atoms with van der Waals surface area (Å²) in [6.45, 7) is 0. The highest BCUT2D eigenvalue weighted by Gasteiger charge is 2.51. The zero-order valence-corrected chi connectivity index (χ0v) is 7.21. The first-order valence-electron chi connectivity index (χ1n) is 4.50. The van der Waals surface area contributed by atoms with Gasteiger partial charge >= 0.3 is 0 Å². The number of aliphatic hydroxyl groups is 1. The smallest absolute Gasteiger partial charge is 0.139 e. The van der Waals surface area contributed by atoms with E-state index in [4.69, 9.17) is 4.74 Å². The minimum Gasteiger partial charge on any atom is -0.387 e. The van der Waals surface area contributed by atoms with Crippen molar-refractivity contribution in [2.75, 3.05) is 0 Å². The summed E-state index contributed by atoms with van der Waals surface area (Å²) in [6.07, 6.45) is 3.01. The van der Waals surface area contributed by atoms with Crippen molar-refractivity contribution in [3.8, 4) is 0 Å². The van der Waals surface area contributed by atoms with Crippen molar-refractivity contribution in [1.29, 1.82) is 0 Å². The molecule has 60 valence electrons. The van der Waals surface area contributed by atoms with Crippen molar-refractivity contribution in [2.45, 2.75) is 42.8 Å². The Morgan fingerprint density at radius 2 is 2.18 bits per heavy atom. The lowest BCUT2D eigenvalue weighted by molar-refractivity contribution is -0.0168. The molecule has 0 aromatic carbocycles. The van der Waals surface area contributed by atoms with Crippen LogP contribution in [0.25, 0.3) is 0 Å². The fourth-order valence-corrected chi connectivity index (χ4v) is 2.58. The minimum absolute atomic E-state index is 0.123. The highest BCUT2D eigenvalue weighted by molar-refractivity contribution is 6.13. The molecule has 4 atom stereocenters. The maximum Gasteiger partial charge on any atom is 0.139 e. The summed E-state index contributed by atoms with van der Waals surface area (Å²) in [5.41, 5.74) is -0.473. The van der Waals surface area contributed by atoms with Crippen LogP contribution in [0.1, 0.15) is 19.3 Å². The Hall–Kier alpha value is 0.0499. The predicted octanol–water partition coefficient (Wildman–Crippen LogP) is -1.32. The molecule has 0 spiro atoms. The monoisotopic (exact) mass is 152 g/mol. The van der Waals surface area contributed by atoms with E-state index in [1.165, 1.54) is 0 Å². The van der Waals surface area contributed by atoms with Crippen LogP contribution < -0.4 is 0 Å². The molecule has 4 heteroatoms. The first-order valence-corrected chi connectivity index (χ1v) is 4.50. The molecule has 1 saturated carbocycles. The van der Waals surface area contributed by atoms with Gasteiger partial charge in [-0.15, -0.1) is 0 Å². The number of rotatable bonds is 0. The highest BCUT2D eigenvalue weighted by Crippen LogP contribution is 2.46. The summed E-state index contributed by atoms with van der Waals surface area (Å²) >= 11 is 0. The third-order valence-electron chi connectivity index (χ3n) is 3.10. The van der Waals surface area contributed by atoms with Crippen LogP contribution in [0, 0.1) is 0 Å². The van der Waals surface area contributed by atoms with Crippen LogP contribution in [0.3, 0.4) is 0 Å². The molecule has 1 N–H and O–H groups in total. The topological polar surface area (TPSA) is 29.5 Å². The van der Waals surface area contributed by atoms with E-state index in [1.807, 2.05) is 7.85 Å². The van der Waals surface area contributed by atoms with Crippen LogP contribution in [0.5, 0.6) is 0 Å². The summed E-state index contributed by atoms with van der Waals surface area (Å²) in [5, 5.41) is 10.0. The quantitative estimate of drug-likeness (QED) is 0.436. The van der Waals surface area contributed by atoms with Gasteiger partial charge in [-0.05, 0) is 18.7 Å². The zero-order valence-electron chi connectivity index (χ0n) is 7.21. The van der Waals surface area contributed by atoms with Crippen molar-refractivity contribution >= 4 is 15.7 Å². The van der Waals surface area contributed by atoms with Gasteiger partial charge in [-0.25, -0.2) is 0 Å². The molecule has 2 aliphatic rings. The molecule has 0 bridgehead atoms. The molecule has 0 unspecified atom stereocenters. The van der Waals surface area contributed by atoms with Crippen LogP contribution in [0.2, 0.25) is 5.82 Å². The number of fused-ring (bicyclic) bond motifs is 1. The van der Waals surface area contributed by atoms with Crippen molar-refractivity contribution < 1.29 is 9.84 Å². The van der Waals surface area contributed by atoms with E-state index in [9.17, 15) is 5.11 Å². The van der Waals surface area contributed by atoms with Crippen LogP contribution in [0.4, 0.5) is 0 Å². The second kappa shape index (κ2) is 2.27. The molecule has 2 rings (SSSR count). The predicted molar refractivity (Wildman–Crippen MR) is 48.3 cm³/mol. The standard InChI is InChI=1S/C7H14B2O2/c8-4-1-2-7(10)3-5(9)11-6(4)7/h4-6,10H,1-3,8-9H2/t4-,5+,6+,7-/m0/s1. The lowest BCUT2D eigenvalue weighted by Crippen LogP contribution is -2.33. The van der Waals surface area contributed by atoms with Crippen LogP contribution in [-0.2, 0) is 4.74 Å². The van der Waals surface area contributed by atoms with Gasteiger partial charge in [0.25, 0.3) is 0 Å². The highest BCUT2D eigenvalue weighted by atomic mass is 16.5. The zero-order chi connectivity index (χ0) is 8.06. The maximum absolute atomic E-state index is 10.0. The van der Waals surface area contributed by atoms with Crippen LogP contribution in [0.15, 0.2) is 0 Å². The summed E-state index contributed by atoms with van der Waals surface area (Å²) in [6, 6.07) is 0.257. The third-order valence-corrected chi connectivity index (χ3v) is 3.10. The number of hydrogen-bond acceptors (Lipinski definition) is 2. The van der Waals surface area contributed by atoms with Gasteiger partial charge in [-0.3, -0.25) is 0 Å². The average Bonchev–Trinajstić information content (AvgIpc) is 2.32. The van der Waals surface area contributed by atoms with Crippen molar-refractivity contribution in [2.24, 2.45) is 0 Å². The molecule has 0 aromatic rings. The van der Waals surface area contributed by atoms with E-state index >= 15 is 0 Å². The van der Waals surface area contributed by atoms with Crippen LogP contribution in [-0.4, -0.2) is 38.5 Å². The second-order valence-electron chi connectivity index (χ2n) is 4.19. The molecule has 1 saturated heterocycles. The Balaban J connectivity index is 2.18. The number of ether oxygens (including phenoxy) is 1. The average molecular weight is 152 g/mol. The Kier molecular flexibility index (Phi) is 1.58. The molecule has 1 aliphatic heterocycles. The fourth-order valence-electron chi connectivity index (χ4n) is 2.58. The molecule has 11 heavy (non-hydrogen) atoms. The molecule has 2 nitrogen and oxygen atoms in total. The van der Waals surface area contributed by atoms with E-state index < -0.39 is 5.60 Å². The third kappa shape index (κ3) is 1.04. The Morgan fingerprint density at radius 3 is 2.82 bits per heavy atom. The van der Waals surface area contributed by atoms with Gasteiger partial charge in [0.15, 0.2) is 0 Å². The van der Waals surface area contributed by atoms with Gasteiger partial charge < -0.3 is 9.84 Å². The Morgan fingerprint density at radius 1 is 1.45 bits per heavy atom. The first kappa shape index (κ1) is 7.69. The van der Waals surface area contributed by atoms with E-state index in [0.717, 1.165) is 19.3 Å². The molecule has 0 amide bonds. The van der Waals surface area contributed by atoms with E-state index in [1.54, 1.807) is 0 Å². The second-order valence-corrected chi connectivity index (χ2v) is 4.19. The normalized spacial score (nSPS) is 56.3. The molecule has 1 heterocycles. The van der Waals surface area contributed by atoms with Gasteiger partial charge in [0.05, 0.1) is 11.7 Å². The number of hydrogen-bond donors (Lipinski definition) is 1. The Bertz CT molecular complexity index is 176. The van der Waals surface area contributed by atoms with Gasteiger partial charge in [-0.2, -0.15) is 0 Å². The van der Waals surface area contributed by atoms with Crippen molar-refractivity contribution in [3.63, 3.8) is 0 Å². The molecule has 2 fully saturated rings. The maximum atomic E-state index is 10.0. The molecular formula is C7H14B2O2.